The van der Waals surface area contributed by atoms with Crippen LogP contribution < -0.4 is 16.4 Å². The minimum absolute atomic E-state index is 0.0628. The highest BCUT2D eigenvalue weighted by Crippen LogP contribution is 2.48. The highest BCUT2D eigenvalue weighted by molar-refractivity contribution is 6.02. The van der Waals surface area contributed by atoms with Gasteiger partial charge in [-0.25, -0.2) is 14.6 Å². The molecule has 7 heterocycles. The average Bonchev–Trinajstić information content (AvgIpc) is 3.93. The Morgan fingerprint density at radius 1 is 0.846 bits per heavy atom. The summed E-state index contributed by atoms with van der Waals surface area (Å²) in [6.45, 7) is 11.5. The van der Waals surface area contributed by atoms with Crippen molar-refractivity contribution in [1.82, 2.24) is 45.0 Å². The van der Waals surface area contributed by atoms with Crippen LogP contribution in [0.15, 0.2) is 53.4 Å². The smallest absolute Gasteiger partial charge is 0.249 e. The second-order valence-electron chi connectivity index (χ2n) is 19.4. The van der Waals surface area contributed by atoms with E-state index < -0.39 is 0 Å². The summed E-state index contributed by atoms with van der Waals surface area (Å²) in [6.07, 6.45) is 16.8. The van der Waals surface area contributed by atoms with E-state index >= 15 is 0 Å². The number of amides is 3. The number of imide groups is 1. The molecule has 1 aromatic carbocycles. The number of rotatable bonds is 16. The number of pyridine rings is 1. The van der Waals surface area contributed by atoms with Crippen LogP contribution in [0.4, 0.5) is 11.5 Å². The molecule has 65 heavy (non-hydrogen) atoms. The summed E-state index contributed by atoms with van der Waals surface area (Å²) in [4.78, 5) is 55.5. The summed E-state index contributed by atoms with van der Waals surface area (Å²) in [5, 5.41) is 15.9. The van der Waals surface area contributed by atoms with Gasteiger partial charge in [0, 0.05) is 61.9 Å². The van der Waals surface area contributed by atoms with E-state index in [-0.39, 0.29) is 29.8 Å². The van der Waals surface area contributed by atoms with E-state index in [1.165, 1.54) is 30.3 Å². The lowest BCUT2D eigenvalue weighted by atomic mass is 9.82. The number of anilines is 2. The summed E-state index contributed by atoms with van der Waals surface area (Å²) >= 11 is 0. The van der Waals surface area contributed by atoms with Crippen LogP contribution in [0.3, 0.4) is 0 Å². The fourth-order valence-electron chi connectivity index (χ4n) is 10.6. The maximum Gasteiger partial charge on any atom is 0.249 e. The van der Waals surface area contributed by atoms with Gasteiger partial charge in [-0.15, -0.1) is 0 Å². The van der Waals surface area contributed by atoms with E-state index in [0.717, 1.165) is 100 Å². The number of nitrogens with two attached hydrogens (primary N) is 1. The second-order valence-corrected chi connectivity index (χ2v) is 19.4. The number of carbonyl (C=O) groups is 3. The molecule has 3 aliphatic heterocycles. The summed E-state index contributed by atoms with van der Waals surface area (Å²) in [7, 11) is 0. The van der Waals surface area contributed by atoms with Gasteiger partial charge in [-0.2, -0.15) is 5.10 Å². The van der Waals surface area contributed by atoms with E-state index in [9.17, 15) is 14.4 Å². The summed E-state index contributed by atoms with van der Waals surface area (Å²) in [5.74, 6) is 2.23. The number of aromatic nitrogens is 6. The SMILES string of the molecule is CC(C)n1nc(-c2noc(C3CC3)c2-c2ccc(C3CCN(C(=O)CCCCCCCN4[C@H](C)CC(c5ccc(NC6CCC(=O)NC6=O)cc5)C[C@@H]4C)CC3)cn2)c2c(N)ncnc21. The van der Waals surface area contributed by atoms with Gasteiger partial charge in [-0.1, -0.05) is 42.6 Å². The van der Waals surface area contributed by atoms with Gasteiger partial charge < -0.3 is 20.5 Å². The number of fused-ring (bicyclic) bond motifs is 1. The zero-order chi connectivity index (χ0) is 45.2. The van der Waals surface area contributed by atoms with Gasteiger partial charge in [0.25, 0.3) is 0 Å². The standard InChI is InChI=1S/C50H65N11O4/c1-30(2)61-49-44(48(51)53-29-54-49)45(57-61)46-43(47(65-58-46)35-11-12-35)39-18-15-36(28-52-39)34-21-24-59(25-22-34)42(63)10-8-6-5-7-9-23-60-31(3)26-37(27-32(60)4)33-13-16-38(17-14-33)55-40-19-20-41(62)56-50(40)64/h13-18,28-32,34-35,37,40,55H,5-12,19-27H2,1-4H3,(H2,51,53,54)(H,56,62,64)/t31-,32+,37?,40?. The maximum atomic E-state index is 13.3. The van der Waals surface area contributed by atoms with Crippen molar-refractivity contribution < 1.29 is 18.9 Å². The van der Waals surface area contributed by atoms with Crippen LogP contribution in [0.25, 0.3) is 33.7 Å². The fraction of sp³-hybridized carbons (Fsp3) is 0.560. The molecule has 4 aliphatic rings. The number of benzene rings is 1. The molecule has 1 saturated carbocycles. The third-order valence-electron chi connectivity index (χ3n) is 14.4. The van der Waals surface area contributed by atoms with Crippen LogP contribution in [-0.2, 0) is 14.4 Å². The van der Waals surface area contributed by atoms with Crippen molar-refractivity contribution in [2.45, 2.75) is 160 Å². The van der Waals surface area contributed by atoms with Crippen LogP contribution in [0.1, 0.15) is 158 Å². The molecule has 3 amide bonds. The molecule has 3 saturated heterocycles. The third-order valence-corrected chi connectivity index (χ3v) is 14.4. The lowest BCUT2D eigenvalue weighted by Crippen LogP contribution is -2.47. The molecule has 1 aliphatic carbocycles. The Hall–Kier alpha value is -5.70. The predicted molar refractivity (Wildman–Crippen MR) is 251 cm³/mol. The Morgan fingerprint density at radius 3 is 2.26 bits per heavy atom. The number of hydrogen-bond acceptors (Lipinski definition) is 12. The van der Waals surface area contributed by atoms with Gasteiger partial charge in [0.2, 0.25) is 17.7 Å². The molecule has 4 atom stereocenters. The van der Waals surface area contributed by atoms with Gasteiger partial charge in [0.05, 0.1) is 16.6 Å². The summed E-state index contributed by atoms with van der Waals surface area (Å²) in [6, 6.07) is 13.5. The van der Waals surface area contributed by atoms with Crippen molar-refractivity contribution in [3.63, 3.8) is 0 Å². The Kier molecular flexibility index (Phi) is 13.3. The second kappa shape index (κ2) is 19.4. The number of nitrogen functional groups attached to an aromatic ring is 1. The number of carbonyl (C=O) groups excluding carboxylic acids is 3. The van der Waals surface area contributed by atoms with Crippen molar-refractivity contribution in [2.24, 2.45) is 0 Å². The largest absolute Gasteiger partial charge is 0.383 e. The molecule has 0 bridgehead atoms. The zero-order valence-corrected chi connectivity index (χ0v) is 38.5. The lowest BCUT2D eigenvalue weighted by molar-refractivity contribution is -0.134. The van der Waals surface area contributed by atoms with Crippen LogP contribution >= 0.6 is 0 Å². The molecule has 4 aromatic heterocycles. The first-order valence-electron chi connectivity index (χ1n) is 24.2. The van der Waals surface area contributed by atoms with Crippen LogP contribution in [0, 0.1) is 0 Å². The average molecular weight is 884 g/mol. The van der Waals surface area contributed by atoms with E-state index in [4.69, 9.17) is 20.3 Å². The lowest BCUT2D eigenvalue weighted by Gasteiger charge is -2.43. The molecular formula is C50H65N11O4. The van der Waals surface area contributed by atoms with Crippen molar-refractivity contribution in [2.75, 3.05) is 30.7 Å². The Balaban J connectivity index is 0.694. The normalized spacial score (nSPS) is 22.2. The van der Waals surface area contributed by atoms with Crippen molar-refractivity contribution >= 4 is 40.3 Å². The van der Waals surface area contributed by atoms with Gasteiger partial charge in [0.15, 0.2) is 5.65 Å². The summed E-state index contributed by atoms with van der Waals surface area (Å²) < 4.78 is 7.87. The summed E-state index contributed by atoms with van der Waals surface area (Å²) in [5.41, 5.74) is 13.4. The number of likely N-dealkylation sites (tertiary alicyclic amines) is 2. The number of nitrogens with zero attached hydrogens (tertiary/aromatic N) is 8. The molecule has 4 fully saturated rings. The van der Waals surface area contributed by atoms with Crippen molar-refractivity contribution in [3.8, 4) is 22.6 Å². The highest BCUT2D eigenvalue weighted by Gasteiger charge is 2.36. The number of piperidine rings is 3. The molecule has 344 valence electrons. The molecule has 15 nitrogen and oxygen atoms in total. The third kappa shape index (κ3) is 9.80. The molecule has 5 aromatic rings. The number of hydrogen-bond donors (Lipinski definition) is 3. The van der Waals surface area contributed by atoms with Gasteiger partial charge >= 0.3 is 0 Å². The zero-order valence-electron chi connectivity index (χ0n) is 38.5. The minimum Gasteiger partial charge on any atom is -0.383 e. The van der Waals surface area contributed by atoms with Crippen LogP contribution in [-0.4, -0.2) is 95.2 Å². The quantitative estimate of drug-likeness (QED) is 0.0634. The Morgan fingerprint density at radius 2 is 1.57 bits per heavy atom. The van der Waals surface area contributed by atoms with E-state index in [1.54, 1.807) is 0 Å². The number of unbranched alkanes of at least 4 members (excludes halogenated alkanes) is 4. The molecule has 15 heteroatoms. The molecule has 9 rings (SSSR count). The minimum atomic E-state index is -0.368. The van der Waals surface area contributed by atoms with Gasteiger partial charge in [0.1, 0.15) is 35.3 Å². The van der Waals surface area contributed by atoms with E-state index in [0.29, 0.717) is 77.3 Å². The van der Waals surface area contributed by atoms with Gasteiger partial charge in [-0.05, 0) is 133 Å². The first-order chi connectivity index (χ1) is 31.5. The monoisotopic (exact) mass is 884 g/mol. The highest BCUT2D eigenvalue weighted by atomic mass is 16.5. The molecule has 0 spiro atoms. The maximum absolute atomic E-state index is 13.3. The first kappa shape index (κ1) is 44.5. The Bertz CT molecular complexity index is 2460. The number of nitrogens with one attached hydrogen (secondary N) is 2. The molecule has 4 N–H and O–H groups in total. The Labute approximate surface area is 381 Å². The van der Waals surface area contributed by atoms with E-state index in [2.05, 4.69) is 99.7 Å². The van der Waals surface area contributed by atoms with E-state index in [1.807, 2.05) is 10.9 Å². The molecular weight excluding hydrogens is 819 g/mol. The topological polar surface area (TPSA) is 190 Å². The predicted octanol–water partition coefficient (Wildman–Crippen LogP) is 8.50. The molecule has 0 radical (unpaired) electrons. The fourth-order valence-corrected chi connectivity index (χ4v) is 10.6. The van der Waals surface area contributed by atoms with Crippen LogP contribution in [0.5, 0.6) is 0 Å². The molecule has 2 unspecified atom stereocenters. The van der Waals surface area contributed by atoms with Crippen molar-refractivity contribution in [1.29, 1.82) is 0 Å². The van der Waals surface area contributed by atoms with Crippen molar-refractivity contribution in [3.05, 3.63) is 65.8 Å². The van der Waals surface area contributed by atoms with Crippen LogP contribution in [0.2, 0.25) is 0 Å². The van der Waals surface area contributed by atoms with Gasteiger partial charge in [-0.3, -0.25) is 29.6 Å². The first-order valence-corrected chi connectivity index (χ1v) is 24.2.